The van der Waals surface area contributed by atoms with Crippen molar-refractivity contribution in [1.29, 1.82) is 0 Å². The van der Waals surface area contributed by atoms with Crippen LogP contribution >= 0.6 is 11.8 Å². The van der Waals surface area contributed by atoms with Crippen molar-refractivity contribution in [3.05, 3.63) is 0 Å². The average molecular weight is 297 g/mol. The van der Waals surface area contributed by atoms with Crippen molar-refractivity contribution in [3.63, 3.8) is 0 Å². The van der Waals surface area contributed by atoms with Crippen LogP contribution in [0.25, 0.3) is 0 Å². The van der Waals surface area contributed by atoms with E-state index < -0.39 is 0 Å². The van der Waals surface area contributed by atoms with Gasteiger partial charge >= 0.3 is 0 Å². The zero-order chi connectivity index (χ0) is 14.2. The summed E-state index contributed by atoms with van der Waals surface area (Å²) in [6.07, 6.45) is 11.0. The molecule has 2 nitrogen and oxygen atoms in total. The van der Waals surface area contributed by atoms with Crippen LogP contribution in [0.1, 0.15) is 52.4 Å². The Morgan fingerprint density at radius 1 is 1.15 bits per heavy atom. The maximum absolute atomic E-state index is 2.88. The Bertz CT molecular complexity index is 321. The Morgan fingerprint density at radius 3 is 2.55 bits per heavy atom. The van der Waals surface area contributed by atoms with Gasteiger partial charge in [-0.1, -0.05) is 26.7 Å². The third-order valence-corrected chi connectivity index (χ3v) is 7.45. The molecule has 1 saturated carbocycles. The van der Waals surface area contributed by atoms with Crippen molar-refractivity contribution in [2.45, 2.75) is 69.2 Å². The van der Waals surface area contributed by atoms with Crippen LogP contribution in [0.15, 0.2) is 0 Å². The van der Waals surface area contributed by atoms with Gasteiger partial charge in [0.1, 0.15) is 0 Å². The van der Waals surface area contributed by atoms with Crippen LogP contribution in [0.5, 0.6) is 0 Å². The first-order chi connectivity index (χ1) is 9.63. The molecule has 2 heterocycles. The lowest BCUT2D eigenvalue weighted by molar-refractivity contribution is -0.0163. The third-order valence-electron chi connectivity index (χ3n) is 6.04. The molecule has 2 aliphatic heterocycles. The van der Waals surface area contributed by atoms with E-state index in [1.54, 1.807) is 0 Å². The Labute approximate surface area is 129 Å². The van der Waals surface area contributed by atoms with E-state index >= 15 is 0 Å². The van der Waals surface area contributed by atoms with Gasteiger partial charge < -0.3 is 0 Å². The van der Waals surface area contributed by atoms with Crippen molar-refractivity contribution >= 4 is 11.8 Å². The number of hydrogen-bond donors (Lipinski definition) is 0. The van der Waals surface area contributed by atoms with Gasteiger partial charge in [0.25, 0.3) is 0 Å². The van der Waals surface area contributed by atoms with E-state index in [1.807, 2.05) is 0 Å². The van der Waals surface area contributed by atoms with E-state index in [1.165, 1.54) is 64.7 Å². The highest BCUT2D eigenvalue weighted by molar-refractivity contribution is 8.00. The predicted molar refractivity (Wildman–Crippen MR) is 89.5 cm³/mol. The van der Waals surface area contributed by atoms with E-state index in [0.717, 1.165) is 18.0 Å². The minimum Gasteiger partial charge on any atom is -0.298 e. The van der Waals surface area contributed by atoms with Crippen molar-refractivity contribution in [2.75, 3.05) is 32.4 Å². The van der Waals surface area contributed by atoms with Crippen molar-refractivity contribution in [1.82, 2.24) is 9.80 Å². The van der Waals surface area contributed by atoms with E-state index in [0.29, 0.717) is 4.75 Å². The molecule has 0 bridgehead atoms. The summed E-state index contributed by atoms with van der Waals surface area (Å²) in [5.41, 5.74) is 0. The maximum Gasteiger partial charge on any atom is 0.0284 e. The van der Waals surface area contributed by atoms with Gasteiger partial charge in [0.15, 0.2) is 0 Å². The second-order valence-corrected chi connectivity index (χ2v) is 8.90. The van der Waals surface area contributed by atoms with Crippen LogP contribution in [0.4, 0.5) is 0 Å². The third kappa shape index (κ3) is 2.91. The molecule has 0 radical (unpaired) electrons. The topological polar surface area (TPSA) is 6.48 Å². The van der Waals surface area contributed by atoms with E-state index in [2.05, 4.69) is 41.7 Å². The highest BCUT2D eigenvalue weighted by Crippen LogP contribution is 2.44. The maximum atomic E-state index is 2.88. The SMILES string of the molecule is CSC1(CN2CC3CCCCN3CC2C(C)C)CCC1. The lowest BCUT2D eigenvalue weighted by atomic mass is 9.82. The second kappa shape index (κ2) is 6.18. The fourth-order valence-corrected chi connectivity index (χ4v) is 5.44. The molecule has 2 atom stereocenters. The Balaban J connectivity index is 1.69. The van der Waals surface area contributed by atoms with Crippen LogP contribution in [0.2, 0.25) is 0 Å². The fraction of sp³-hybridized carbons (Fsp3) is 1.00. The zero-order valence-corrected chi connectivity index (χ0v) is 14.4. The molecule has 0 spiro atoms. The lowest BCUT2D eigenvalue weighted by Gasteiger charge is -2.53. The van der Waals surface area contributed by atoms with Crippen LogP contribution in [-0.4, -0.2) is 59.1 Å². The summed E-state index contributed by atoms with van der Waals surface area (Å²) in [6, 6.07) is 1.65. The van der Waals surface area contributed by atoms with Gasteiger partial charge in [-0.05, 0) is 44.4 Å². The highest BCUT2D eigenvalue weighted by atomic mass is 32.2. The molecule has 2 unspecified atom stereocenters. The Kier molecular flexibility index (Phi) is 4.69. The molecule has 0 aromatic carbocycles. The van der Waals surface area contributed by atoms with Crippen LogP contribution in [0, 0.1) is 5.92 Å². The molecule has 3 aliphatic rings. The largest absolute Gasteiger partial charge is 0.298 e. The standard InChI is InChI=1S/C17H32N2S/c1-14(2)16-12-18-10-5-4-7-15(18)11-19(16)13-17(20-3)8-6-9-17/h14-16H,4-13H2,1-3H3. The zero-order valence-electron chi connectivity index (χ0n) is 13.6. The molecule has 0 N–H and O–H groups in total. The molecule has 116 valence electrons. The van der Waals surface area contributed by atoms with E-state index in [9.17, 15) is 0 Å². The molecule has 0 amide bonds. The van der Waals surface area contributed by atoms with E-state index in [4.69, 9.17) is 0 Å². The van der Waals surface area contributed by atoms with Crippen LogP contribution in [0.3, 0.4) is 0 Å². The van der Waals surface area contributed by atoms with Gasteiger partial charge in [-0.3, -0.25) is 9.80 Å². The number of piperazine rings is 1. The monoisotopic (exact) mass is 296 g/mol. The molecule has 20 heavy (non-hydrogen) atoms. The Morgan fingerprint density at radius 2 is 1.95 bits per heavy atom. The quantitative estimate of drug-likeness (QED) is 0.784. The number of hydrogen-bond acceptors (Lipinski definition) is 3. The molecular weight excluding hydrogens is 264 g/mol. The molecule has 2 saturated heterocycles. The predicted octanol–water partition coefficient (Wildman–Crippen LogP) is 3.47. The molecule has 3 fully saturated rings. The first-order valence-electron chi connectivity index (χ1n) is 8.67. The minimum atomic E-state index is 0.601. The molecule has 0 aromatic rings. The van der Waals surface area contributed by atoms with Gasteiger partial charge in [-0.2, -0.15) is 11.8 Å². The summed E-state index contributed by atoms with van der Waals surface area (Å²) in [5.74, 6) is 0.789. The summed E-state index contributed by atoms with van der Waals surface area (Å²) in [6.45, 7) is 10.2. The summed E-state index contributed by atoms with van der Waals surface area (Å²) in [7, 11) is 0. The number of piperidine rings is 1. The van der Waals surface area contributed by atoms with Gasteiger partial charge in [0, 0.05) is 36.5 Å². The number of nitrogens with zero attached hydrogens (tertiary/aromatic N) is 2. The summed E-state index contributed by atoms with van der Waals surface area (Å²) in [5, 5.41) is 0. The Hall–Kier alpha value is 0.270. The van der Waals surface area contributed by atoms with Gasteiger partial charge in [-0.15, -0.1) is 0 Å². The molecular formula is C17H32N2S. The van der Waals surface area contributed by atoms with Crippen molar-refractivity contribution in [2.24, 2.45) is 5.92 Å². The molecule has 1 aliphatic carbocycles. The second-order valence-electron chi connectivity index (χ2n) is 7.63. The molecule has 3 rings (SSSR count). The van der Waals surface area contributed by atoms with Gasteiger partial charge in [0.05, 0.1) is 0 Å². The first-order valence-corrected chi connectivity index (χ1v) is 9.89. The summed E-state index contributed by atoms with van der Waals surface area (Å²) < 4.78 is 0.601. The number of thioether (sulfide) groups is 1. The van der Waals surface area contributed by atoms with Crippen LogP contribution in [-0.2, 0) is 0 Å². The smallest absolute Gasteiger partial charge is 0.0284 e. The fourth-order valence-electron chi connectivity index (χ4n) is 4.45. The minimum absolute atomic E-state index is 0.601. The number of rotatable bonds is 4. The molecule has 0 aromatic heterocycles. The number of fused-ring (bicyclic) bond motifs is 1. The van der Waals surface area contributed by atoms with Gasteiger partial charge in [0.2, 0.25) is 0 Å². The first kappa shape index (κ1) is 15.2. The average Bonchev–Trinajstić information content (AvgIpc) is 2.41. The normalized spacial score (nSPS) is 34.8. The molecule has 3 heteroatoms. The van der Waals surface area contributed by atoms with Crippen molar-refractivity contribution in [3.8, 4) is 0 Å². The highest BCUT2D eigenvalue weighted by Gasteiger charge is 2.43. The summed E-state index contributed by atoms with van der Waals surface area (Å²) in [4.78, 5) is 5.68. The van der Waals surface area contributed by atoms with Crippen molar-refractivity contribution < 1.29 is 0 Å². The van der Waals surface area contributed by atoms with E-state index in [-0.39, 0.29) is 0 Å². The lowest BCUT2D eigenvalue weighted by Crippen LogP contribution is -2.63. The van der Waals surface area contributed by atoms with Crippen LogP contribution < -0.4 is 0 Å². The summed E-state index contributed by atoms with van der Waals surface area (Å²) >= 11 is 2.14. The van der Waals surface area contributed by atoms with Gasteiger partial charge in [-0.25, -0.2) is 0 Å².